The predicted octanol–water partition coefficient (Wildman–Crippen LogP) is 10.2. The van der Waals surface area contributed by atoms with Crippen molar-refractivity contribution >= 4 is 42.4 Å². The van der Waals surface area contributed by atoms with E-state index in [0.29, 0.717) is 0 Å². The van der Waals surface area contributed by atoms with Crippen molar-refractivity contribution in [1.29, 1.82) is 0 Å². The van der Waals surface area contributed by atoms with Crippen LogP contribution in [0, 0.1) is 0 Å². The summed E-state index contributed by atoms with van der Waals surface area (Å²) in [6.07, 6.45) is 2.03. The second-order valence-corrected chi connectivity index (χ2v) is 11.9. The maximum absolute atomic E-state index is 4.83. The molecule has 38 heavy (non-hydrogen) atoms. The lowest BCUT2D eigenvalue weighted by Crippen LogP contribution is -2.14. The van der Waals surface area contributed by atoms with Gasteiger partial charge in [-0.2, -0.15) is 0 Å². The number of hydrogen-bond donors (Lipinski definition) is 0. The SMILES string of the molecule is CC1(C)c2ccccc2-c2ccc(-c3cccc(-c4ccc5c(cnc6sc7ccccc7c65)c4)c3)cc21. The quantitative estimate of drug-likeness (QED) is 0.229. The molecule has 0 N–H and O–H groups in total. The van der Waals surface area contributed by atoms with Gasteiger partial charge >= 0.3 is 0 Å². The van der Waals surface area contributed by atoms with Crippen molar-refractivity contribution in [1.82, 2.24) is 4.98 Å². The lowest BCUT2D eigenvalue weighted by atomic mass is 9.81. The van der Waals surface area contributed by atoms with Gasteiger partial charge in [0.25, 0.3) is 0 Å². The maximum atomic E-state index is 4.83. The zero-order valence-corrected chi connectivity index (χ0v) is 22.1. The van der Waals surface area contributed by atoms with Crippen molar-refractivity contribution in [2.24, 2.45) is 0 Å². The molecule has 0 atom stereocenters. The Morgan fingerprint density at radius 1 is 0.579 bits per heavy atom. The minimum atomic E-state index is 0.00204. The van der Waals surface area contributed by atoms with E-state index >= 15 is 0 Å². The van der Waals surface area contributed by atoms with Gasteiger partial charge in [-0.3, -0.25) is 0 Å². The molecule has 0 saturated carbocycles. The van der Waals surface area contributed by atoms with Gasteiger partial charge in [-0.1, -0.05) is 98.8 Å². The van der Waals surface area contributed by atoms with Crippen LogP contribution in [-0.4, -0.2) is 4.98 Å². The first-order valence-corrected chi connectivity index (χ1v) is 13.9. The molecule has 180 valence electrons. The highest BCUT2D eigenvalue weighted by atomic mass is 32.1. The summed E-state index contributed by atoms with van der Waals surface area (Å²) in [5.74, 6) is 0. The first-order valence-electron chi connectivity index (χ1n) is 13.1. The summed E-state index contributed by atoms with van der Waals surface area (Å²) in [7, 11) is 0. The summed E-state index contributed by atoms with van der Waals surface area (Å²) in [4.78, 5) is 5.94. The highest BCUT2D eigenvalue weighted by Crippen LogP contribution is 2.49. The zero-order chi connectivity index (χ0) is 25.4. The average Bonchev–Trinajstić information content (AvgIpc) is 3.46. The molecule has 5 aromatic carbocycles. The molecule has 0 saturated heterocycles. The molecule has 0 bridgehead atoms. The van der Waals surface area contributed by atoms with E-state index in [1.54, 1.807) is 11.3 Å². The minimum absolute atomic E-state index is 0.00204. The average molecular weight is 504 g/mol. The summed E-state index contributed by atoms with van der Waals surface area (Å²) in [5.41, 5.74) is 10.5. The molecule has 2 aromatic heterocycles. The third-order valence-electron chi connectivity index (χ3n) is 8.33. The molecule has 0 radical (unpaired) electrons. The van der Waals surface area contributed by atoms with Crippen LogP contribution in [0.3, 0.4) is 0 Å². The molecule has 1 aliphatic carbocycles. The van der Waals surface area contributed by atoms with Crippen molar-refractivity contribution in [3.8, 4) is 33.4 Å². The molecule has 0 spiro atoms. The molecule has 0 amide bonds. The normalized spacial score (nSPS) is 13.7. The summed E-state index contributed by atoms with van der Waals surface area (Å²) in [5, 5.41) is 5.01. The van der Waals surface area contributed by atoms with E-state index in [1.807, 2.05) is 6.20 Å². The molecule has 0 unspecified atom stereocenters. The van der Waals surface area contributed by atoms with E-state index in [4.69, 9.17) is 4.98 Å². The van der Waals surface area contributed by atoms with E-state index in [-0.39, 0.29) is 5.41 Å². The fourth-order valence-electron chi connectivity index (χ4n) is 6.35. The van der Waals surface area contributed by atoms with Crippen LogP contribution >= 0.6 is 11.3 Å². The van der Waals surface area contributed by atoms with Crippen LogP contribution in [0.1, 0.15) is 25.0 Å². The largest absolute Gasteiger partial charge is 0.245 e. The Morgan fingerprint density at radius 3 is 2.18 bits per heavy atom. The molecule has 0 aliphatic heterocycles. The molecule has 1 nitrogen and oxygen atoms in total. The topological polar surface area (TPSA) is 12.9 Å². The van der Waals surface area contributed by atoms with E-state index < -0.39 is 0 Å². The molecule has 0 fully saturated rings. The van der Waals surface area contributed by atoms with E-state index in [2.05, 4.69) is 123 Å². The van der Waals surface area contributed by atoms with Gasteiger partial charge in [-0.05, 0) is 74.2 Å². The summed E-state index contributed by atoms with van der Waals surface area (Å²) in [6, 6.07) is 40.2. The number of pyridine rings is 1. The second-order valence-electron chi connectivity index (χ2n) is 10.9. The van der Waals surface area contributed by atoms with Gasteiger partial charge in [0.15, 0.2) is 0 Å². The first kappa shape index (κ1) is 21.8. The Labute approximate surface area is 226 Å². The van der Waals surface area contributed by atoms with E-state index in [0.717, 1.165) is 4.83 Å². The van der Waals surface area contributed by atoms with Crippen LogP contribution in [0.15, 0.2) is 115 Å². The van der Waals surface area contributed by atoms with Gasteiger partial charge < -0.3 is 0 Å². The smallest absolute Gasteiger partial charge is 0.125 e. The number of nitrogens with zero attached hydrogens (tertiary/aromatic N) is 1. The Morgan fingerprint density at radius 2 is 1.29 bits per heavy atom. The Hall–Kier alpha value is -4.27. The highest BCUT2D eigenvalue weighted by Gasteiger charge is 2.35. The fourth-order valence-corrected chi connectivity index (χ4v) is 7.41. The molecule has 2 heterocycles. The summed E-state index contributed by atoms with van der Waals surface area (Å²) in [6.45, 7) is 4.68. The predicted molar refractivity (Wildman–Crippen MR) is 163 cm³/mol. The monoisotopic (exact) mass is 503 g/mol. The lowest BCUT2D eigenvalue weighted by molar-refractivity contribution is 0.660. The first-order chi connectivity index (χ1) is 18.6. The number of fused-ring (bicyclic) bond motifs is 8. The molecule has 1 aliphatic rings. The number of aromatic nitrogens is 1. The van der Waals surface area contributed by atoms with Crippen LogP contribution < -0.4 is 0 Å². The van der Waals surface area contributed by atoms with Crippen molar-refractivity contribution in [3.63, 3.8) is 0 Å². The van der Waals surface area contributed by atoms with E-state index in [9.17, 15) is 0 Å². The van der Waals surface area contributed by atoms with Crippen molar-refractivity contribution < 1.29 is 0 Å². The maximum Gasteiger partial charge on any atom is 0.125 e. The summed E-state index contributed by atoms with van der Waals surface area (Å²) < 4.78 is 1.29. The van der Waals surface area contributed by atoms with Crippen molar-refractivity contribution in [2.75, 3.05) is 0 Å². The number of benzene rings is 5. The van der Waals surface area contributed by atoms with Crippen LogP contribution in [0.4, 0.5) is 0 Å². The Bertz CT molecular complexity index is 2060. The van der Waals surface area contributed by atoms with Gasteiger partial charge in [-0.25, -0.2) is 4.98 Å². The van der Waals surface area contributed by atoms with Gasteiger partial charge in [0.2, 0.25) is 0 Å². The fraction of sp³-hybridized carbons (Fsp3) is 0.0833. The van der Waals surface area contributed by atoms with E-state index in [1.165, 1.54) is 70.8 Å². The van der Waals surface area contributed by atoms with Crippen molar-refractivity contribution in [2.45, 2.75) is 19.3 Å². The third-order valence-corrected chi connectivity index (χ3v) is 9.41. The number of thiophene rings is 1. The second kappa shape index (κ2) is 7.86. The van der Waals surface area contributed by atoms with Crippen LogP contribution in [0.5, 0.6) is 0 Å². The van der Waals surface area contributed by atoms with Gasteiger partial charge in [0.1, 0.15) is 4.83 Å². The highest BCUT2D eigenvalue weighted by molar-refractivity contribution is 7.25. The van der Waals surface area contributed by atoms with Crippen LogP contribution in [0.2, 0.25) is 0 Å². The molecular weight excluding hydrogens is 478 g/mol. The lowest BCUT2D eigenvalue weighted by Gasteiger charge is -2.22. The Balaban J connectivity index is 1.23. The zero-order valence-electron chi connectivity index (χ0n) is 21.3. The molecule has 8 rings (SSSR count). The standard InChI is InChI=1S/C36H25NS/c1-36(2)31-12-5-3-10-28(31)29-17-15-25(20-32(29)36)23-9-7-8-22(18-23)24-14-16-27-26(19-24)21-37-35-34(27)30-11-4-6-13-33(30)38-35/h3-21H,1-2H3. The number of hydrogen-bond acceptors (Lipinski definition) is 2. The van der Waals surface area contributed by atoms with Gasteiger partial charge in [-0.15, -0.1) is 11.3 Å². The third kappa shape index (κ3) is 3.07. The number of rotatable bonds is 2. The molecular formula is C36H25NS. The molecule has 7 aromatic rings. The minimum Gasteiger partial charge on any atom is -0.245 e. The van der Waals surface area contributed by atoms with Gasteiger partial charge in [0.05, 0.1) is 0 Å². The van der Waals surface area contributed by atoms with Crippen LogP contribution in [0.25, 0.3) is 64.5 Å². The molecule has 2 heteroatoms. The summed E-state index contributed by atoms with van der Waals surface area (Å²) >= 11 is 1.77. The van der Waals surface area contributed by atoms with Gasteiger partial charge in [0, 0.05) is 32.5 Å². The Kier molecular flexibility index (Phi) is 4.51. The van der Waals surface area contributed by atoms with Crippen molar-refractivity contribution in [3.05, 3.63) is 127 Å². The van der Waals surface area contributed by atoms with Crippen LogP contribution in [-0.2, 0) is 5.41 Å².